The number of benzene rings is 1. The van der Waals surface area contributed by atoms with Crippen LogP contribution in [0.3, 0.4) is 0 Å². The van der Waals surface area contributed by atoms with Crippen molar-refractivity contribution in [1.82, 2.24) is 19.2 Å². The smallest absolute Gasteiger partial charge is 0.261 e. The molecule has 1 aromatic carbocycles. The van der Waals surface area contributed by atoms with E-state index in [4.69, 9.17) is 9.84 Å². The summed E-state index contributed by atoms with van der Waals surface area (Å²) in [7, 11) is 3.45. The highest BCUT2D eigenvalue weighted by atomic mass is 16.5. The fourth-order valence-electron chi connectivity index (χ4n) is 3.52. The number of nitrogens with zero attached hydrogens (tertiary/aromatic N) is 4. The zero-order chi connectivity index (χ0) is 19.1. The van der Waals surface area contributed by atoms with E-state index >= 15 is 0 Å². The van der Waals surface area contributed by atoms with Gasteiger partial charge in [0.1, 0.15) is 5.65 Å². The molecule has 0 saturated carbocycles. The zero-order valence-corrected chi connectivity index (χ0v) is 16.0. The number of hydrogen-bond acceptors (Lipinski definition) is 4. The van der Waals surface area contributed by atoms with Crippen LogP contribution in [0.25, 0.3) is 27.7 Å². The van der Waals surface area contributed by atoms with Crippen LogP contribution in [0.1, 0.15) is 17.1 Å². The molecule has 0 saturated heterocycles. The number of ether oxygens (including phenoxy) is 1. The van der Waals surface area contributed by atoms with Gasteiger partial charge in [0, 0.05) is 38.0 Å². The number of pyridine rings is 1. The van der Waals surface area contributed by atoms with Gasteiger partial charge >= 0.3 is 0 Å². The lowest BCUT2D eigenvalue weighted by molar-refractivity contribution is 0.201. The summed E-state index contributed by atoms with van der Waals surface area (Å²) in [4.78, 5) is 17.3. The van der Waals surface area contributed by atoms with E-state index in [1.54, 1.807) is 18.7 Å². The number of aromatic nitrogens is 4. The highest BCUT2D eigenvalue weighted by Crippen LogP contribution is 2.25. The molecule has 0 fully saturated rings. The molecule has 0 spiro atoms. The van der Waals surface area contributed by atoms with Crippen LogP contribution in [-0.4, -0.2) is 32.9 Å². The first-order valence-corrected chi connectivity index (χ1v) is 8.94. The normalized spacial score (nSPS) is 11.6. The molecule has 0 aliphatic carbocycles. The third kappa shape index (κ3) is 3.02. The van der Waals surface area contributed by atoms with Crippen LogP contribution in [0.4, 0.5) is 0 Å². The van der Waals surface area contributed by atoms with E-state index in [1.807, 2.05) is 42.6 Å². The summed E-state index contributed by atoms with van der Waals surface area (Å²) in [5, 5.41) is 5.37. The minimum absolute atomic E-state index is 0.0238. The minimum atomic E-state index is -0.0238. The van der Waals surface area contributed by atoms with E-state index in [-0.39, 0.29) is 5.56 Å². The highest BCUT2D eigenvalue weighted by Gasteiger charge is 2.13. The van der Waals surface area contributed by atoms with Crippen molar-refractivity contribution in [3.05, 3.63) is 63.8 Å². The lowest BCUT2D eigenvalue weighted by Gasteiger charge is -2.09. The average Bonchev–Trinajstić information content (AvgIpc) is 3.08. The summed E-state index contributed by atoms with van der Waals surface area (Å²) in [6.45, 7) is 4.57. The van der Waals surface area contributed by atoms with Gasteiger partial charge < -0.3 is 4.74 Å². The van der Waals surface area contributed by atoms with Gasteiger partial charge in [-0.2, -0.15) is 5.10 Å². The first kappa shape index (κ1) is 17.4. The molecule has 138 valence electrons. The number of hydrogen-bond donors (Lipinski definition) is 0. The molecule has 0 bridgehead atoms. The molecule has 0 unspecified atom stereocenters. The van der Waals surface area contributed by atoms with Gasteiger partial charge in [-0.3, -0.25) is 14.3 Å². The maximum absolute atomic E-state index is 12.8. The fourth-order valence-corrected chi connectivity index (χ4v) is 3.52. The molecule has 3 heterocycles. The SMILES string of the molecule is COCCc1cc2n(C)c(=O)c3ccc(-c4cc(C)nc(C)c4)cc3n2n1. The van der Waals surface area contributed by atoms with E-state index in [2.05, 4.69) is 17.1 Å². The molecule has 0 amide bonds. The van der Waals surface area contributed by atoms with Crippen molar-refractivity contribution < 1.29 is 4.74 Å². The molecule has 0 radical (unpaired) electrons. The topological polar surface area (TPSA) is 61.4 Å². The van der Waals surface area contributed by atoms with Gasteiger partial charge in [0.25, 0.3) is 5.56 Å². The van der Waals surface area contributed by atoms with Crippen molar-refractivity contribution in [3.63, 3.8) is 0 Å². The van der Waals surface area contributed by atoms with E-state index in [0.29, 0.717) is 18.4 Å². The highest BCUT2D eigenvalue weighted by molar-refractivity contribution is 5.85. The van der Waals surface area contributed by atoms with Crippen LogP contribution < -0.4 is 5.56 Å². The molecule has 0 aliphatic heterocycles. The predicted molar refractivity (Wildman–Crippen MR) is 106 cm³/mol. The molecule has 0 atom stereocenters. The molecule has 3 aromatic heterocycles. The second-order valence-corrected chi connectivity index (χ2v) is 6.88. The van der Waals surface area contributed by atoms with Gasteiger partial charge in [0.05, 0.1) is 23.2 Å². The summed E-state index contributed by atoms with van der Waals surface area (Å²) >= 11 is 0. The van der Waals surface area contributed by atoms with Crippen LogP contribution in [0.2, 0.25) is 0 Å². The molecular weight excluding hydrogens is 340 g/mol. The van der Waals surface area contributed by atoms with Gasteiger partial charge in [0.15, 0.2) is 0 Å². The Hall–Kier alpha value is -2.99. The Labute approximate surface area is 157 Å². The van der Waals surface area contributed by atoms with Gasteiger partial charge in [-0.25, -0.2) is 4.52 Å². The maximum Gasteiger partial charge on any atom is 0.261 e. The number of aryl methyl sites for hydroxylation is 3. The maximum atomic E-state index is 12.8. The summed E-state index contributed by atoms with van der Waals surface area (Å²) in [5.41, 5.74) is 6.53. The van der Waals surface area contributed by atoms with Crippen molar-refractivity contribution in [2.24, 2.45) is 7.05 Å². The Bertz CT molecular complexity index is 1200. The van der Waals surface area contributed by atoms with Gasteiger partial charge in [-0.1, -0.05) is 6.07 Å². The lowest BCUT2D eigenvalue weighted by atomic mass is 10.0. The fraction of sp³-hybridized carbons (Fsp3) is 0.286. The van der Waals surface area contributed by atoms with Gasteiger partial charge in [-0.15, -0.1) is 0 Å². The zero-order valence-electron chi connectivity index (χ0n) is 16.0. The Morgan fingerprint density at radius 3 is 2.48 bits per heavy atom. The second-order valence-electron chi connectivity index (χ2n) is 6.88. The molecule has 6 nitrogen and oxygen atoms in total. The standard InChI is InChI=1S/C21H22N4O2/c1-13-9-16(10-14(2)22-13)15-5-6-18-19(11-15)25-20(24(3)21(18)26)12-17(23-25)7-8-27-4/h5-6,9-12H,7-8H2,1-4H3. The molecular formula is C21H22N4O2. The van der Waals surface area contributed by atoms with Crippen molar-refractivity contribution in [3.8, 4) is 11.1 Å². The third-order valence-electron chi connectivity index (χ3n) is 4.82. The van der Waals surface area contributed by atoms with Crippen molar-refractivity contribution in [1.29, 1.82) is 0 Å². The van der Waals surface area contributed by atoms with Crippen LogP contribution in [-0.2, 0) is 18.2 Å². The number of rotatable bonds is 4. The summed E-state index contributed by atoms with van der Waals surface area (Å²) in [5.74, 6) is 0. The van der Waals surface area contributed by atoms with Crippen LogP contribution >= 0.6 is 0 Å². The Morgan fingerprint density at radius 1 is 1.04 bits per heavy atom. The van der Waals surface area contributed by atoms with E-state index in [0.717, 1.165) is 39.4 Å². The lowest BCUT2D eigenvalue weighted by Crippen LogP contribution is -2.19. The summed E-state index contributed by atoms with van der Waals surface area (Å²) < 4.78 is 8.66. The molecule has 27 heavy (non-hydrogen) atoms. The molecule has 0 N–H and O–H groups in total. The van der Waals surface area contributed by atoms with Crippen molar-refractivity contribution in [2.75, 3.05) is 13.7 Å². The second kappa shape index (κ2) is 6.63. The minimum Gasteiger partial charge on any atom is -0.384 e. The molecule has 6 heteroatoms. The quantitative estimate of drug-likeness (QED) is 0.560. The van der Waals surface area contributed by atoms with Crippen molar-refractivity contribution >= 4 is 16.6 Å². The first-order chi connectivity index (χ1) is 13.0. The van der Waals surface area contributed by atoms with E-state index < -0.39 is 0 Å². The van der Waals surface area contributed by atoms with E-state index in [1.165, 1.54) is 0 Å². The van der Waals surface area contributed by atoms with Crippen LogP contribution in [0, 0.1) is 13.8 Å². The molecule has 4 rings (SSSR count). The summed E-state index contributed by atoms with van der Waals surface area (Å²) in [6, 6.07) is 12.0. The molecule has 4 aromatic rings. The number of fused-ring (bicyclic) bond motifs is 3. The van der Waals surface area contributed by atoms with Crippen LogP contribution in [0.15, 0.2) is 41.2 Å². The van der Waals surface area contributed by atoms with E-state index in [9.17, 15) is 4.79 Å². The average molecular weight is 362 g/mol. The van der Waals surface area contributed by atoms with Gasteiger partial charge in [-0.05, 0) is 49.2 Å². The monoisotopic (exact) mass is 362 g/mol. The summed E-state index contributed by atoms with van der Waals surface area (Å²) in [6.07, 6.45) is 0.705. The Morgan fingerprint density at radius 2 is 1.78 bits per heavy atom. The first-order valence-electron chi connectivity index (χ1n) is 8.94. The van der Waals surface area contributed by atoms with Gasteiger partial charge in [0.2, 0.25) is 0 Å². The third-order valence-corrected chi connectivity index (χ3v) is 4.82. The largest absolute Gasteiger partial charge is 0.384 e. The Kier molecular flexibility index (Phi) is 4.28. The predicted octanol–water partition coefficient (Wildman–Crippen LogP) is 3.05. The Balaban J connectivity index is 1.98. The number of methoxy groups -OCH3 is 1. The van der Waals surface area contributed by atoms with Crippen LogP contribution in [0.5, 0.6) is 0 Å². The van der Waals surface area contributed by atoms with Crippen molar-refractivity contribution in [2.45, 2.75) is 20.3 Å². The molecule has 0 aliphatic rings.